The number of nitrogens with one attached hydrogen (secondary N) is 1. The molecule has 1 N–H and O–H groups in total. The first-order chi connectivity index (χ1) is 11.5. The molecule has 2 rings (SSSR count). The summed E-state index contributed by atoms with van der Waals surface area (Å²) in [7, 11) is 3.83. The number of carbonyl (C=O) groups is 2. The number of rotatable bonds is 6. The number of ether oxygens (including phenoxy) is 1. The van der Waals surface area contributed by atoms with Gasteiger partial charge >= 0.3 is 5.97 Å². The highest BCUT2D eigenvalue weighted by molar-refractivity contribution is 6.30. The molecule has 2 aromatic carbocycles. The largest absolute Gasteiger partial charge is 0.452 e. The zero-order chi connectivity index (χ0) is 17.5. The Balaban J connectivity index is 1.78. The van der Waals surface area contributed by atoms with Crippen molar-refractivity contribution in [3.8, 4) is 0 Å². The van der Waals surface area contributed by atoms with Crippen LogP contribution < -0.4 is 10.2 Å². The van der Waals surface area contributed by atoms with Crippen LogP contribution in [0.5, 0.6) is 0 Å². The van der Waals surface area contributed by atoms with E-state index < -0.39 is 5.97 Å². The fraction of sp³-hybridized carbons (Fsp3) is 0.222. The first kappa shape index (κ1) is 17.8. The second kappa shape index (κ2) is 8.36. The molecular formula is C18H19ClN2O3. The number of anilines is 1. The van der Waals surface area contributed by atoms with Gasteiger partial charge in [-0.3, -0.25) is 4.79 Å². The number of hydrogen-bond acceptors (Lipinski definition) is 4. The fourth-order valence-electron chi connectivity index (χ4n) is 1.96. The van der Waals surface area contributed by atoms with Gasteiger partial charge in [0.15, 0.2) is 6.61 Å². The lowest BCUT2D eigenvalue weighted by Crippen LogP contribution is -2.28. The smallest absolute Gasteiger partial charge is 0.338 e. The van der Waals surface area contributed by atoms with Gasteiger partial charge in [0.25, 0.3) is 5.91 Å². The van der Waals surface area contributed by atoms with Crippen LogP contribution in [-0.2, 0) is 16.1 Å². The Morgan fingerprint density at radius 1 is 1.04 bits per heavy atom. The molecule has 0 unspecified atom stereocenters. The molecule has 0 fully saturated rings. The van der Waals surface area contributed by atoms with E-state index in [4.69, 9.17) is 16.3 Å². The van der Waals surface area contributed by atoms with E-state index >= 15 is 0 Å². The Hall–Kier alpha value is -2.53. The third-order valence-electron chi connectivity index (χ3n) is 3.36. The van der Waals surface area contributed by atoms with Gasteiger partial charge in [0.05, 0.1) is 5.56 Å². The van der Waals surface area contributed by atoms with E-state index in [1.807, 2.05) is 43.3 Å². The number of esters is 1. The normalized spacial score (nSPS) is 10.1. The molecule has 0 aliphatic rings. The van der Waals surface area contributed by atoms with Crippen molar-refractivity contribution in [3.05, 3.63) is 64.7 Å². The van der Waals surface area contributed by atoms with Gasteiger partial charge in [-0.1, -0.05) is 23.7 Å². The quantitative estimate of drug-likeness (QED) is 0.817. The molecule has 24 heavy (non-hydrogen) atoms. The van der Waals surface area contributed by atoms with Crippen molar-refractivity contribution in [3.63, 3.8) is 0 Å². The monoisotopic (exact) mass is 346 g/mol. The van der Waals surface area contributed by atoms with Gasteiger partial charge in [0, 0.05) is 31.4 Å². The van der Waals surface area contributed by atoms with E-state index in [1.54, 1.807) is 24.3 Å². The number of carbonyl (C=O) groups excluding carboxylic acids is 2. The van der Waals surface area contributed by atoms with Crippen molar-refractivity contribution in [1.82, 2.24) is 5.32 Å². The molecular weight excluding hydrogens is 328 g/mol. The summed E-state index contributed by atoms with van der Waals surface area (Å²) >= 11 is 5.80. The van der Waals surface area contributed by atoms with Gasteiger partial charge in [-0.05, 0) is 42.0 Å². The highest BCUT2D eigenvalue weighted by atomic mass is 35.5. The summed E-state index contributed by atoms with van der Waals surface area (Å²) in [6.07, 6.45) is 0. The van der Waals surface area contributed by atoms with Crippen molar-refractivity contribution < 1.29 is 14.3 Å². The zero-order valence-electron chi connectivity index (χ0n) is 13.6. The summed E-state index contributed by atoms with van der Waals surface area (Å²) in [4.78, 5) is 25.6. The van der Waals surface area contributed by atoms with Crippen LogP contribution in [0.2, 0.25) is 5.02 Å². The van der Waals surface area contributed by atoms with Gasteiger partial charge in [-0.2, -0.15) is 0 Å². The van der Waals surface area contributed by atoms with E-state index in [1.165, 1.54) is 0 Å². The standard InChI is InChI=1S/C18H19ClN2O3/c1-21(2)16-9-5-14(6-10-16)18(23)24-12-17(22)20-11-13-3-7-15(19)8-4-13/h3-10H,11-12H2,1-2H3,(H,20,22). The van der Waals surface area contributed by atoms with Gasteiger partial charge < -0.3 is 15.0 Å². The van der Waals surface area contributed by atoms with Crippen LogP contribution >= 0.6 is 11.6 Å². The molecule has 0 aliphatic heterocycles. The zero-order valence-corrected chi connectivity index (χ0v) is 14.3. The Kier molecular flexibility index (Phi) is 6.21. The molecule has 0 saturated heterocycles. The van der Waals surface area contributed by atoms with Crippen LogP contribution in [-0.4, -0.2) is 32.6 Å². The van der Waals surface area contributed by atoms with E-state index in [2.05, 4.69) is 5.32 Å². The Labute approximate surface area is 146 Å². The molecule has 6 heteroatoms. The maximum absolute atomic E-state index is 11.9. The molecule has 5 nitrogen and oxygen atoms in total. The summed E-state index contributed by atoms with van der Waals surface area (Å²) in [6.45, 7) is 0.0347. The van der Waals surface area contributed by atoms with Crippen molar-refractivity contribution in [1.29, 1.82) is 0 Å². The summed E-state index contributed by atoms with van der Waals surface area (Å²) in [6, 6.07) is 14.1. The number of hydrogen-bond donors (Lipinski definition) is 1. The van der Waals surface area contributed by atoms with Crippen LogP contribution in [0.15, 0.2) is 48.5 Å². The van der Waals surface area contributed by atoms with Crippen molar-refractivity contribution >= 4 is 29.2 Å². The van der Waals surface area contributed by atoms with Crippen molar-refractivity contribution in [2.75, 3.05) is 25.6 Å². The average Bonchev–Trinajstić information content (AvgIpc) is 2.59. The first-order valence-corrected chi connectivity index (χ1v) is 7.79. The van der Waals surface area contributed by atoms with Gasteiger partial charge in [-0.15, -0.1) is 0 Å². The summed E-state index contributed by atoms with van der Waals surface area (Å²) < 4.78 is 5.01. The molecule has 0 radical (unpaired) electrons. The molecule has 0 aromatic heterocycles. The predicted octanol–water partition coefficient (Wildman–Crippen LogP) is 2.88. The Morgan fingerprint density at radius 3 is 2.25 bits per heavy atom. The van der Waals surface area contributed by atoms with E-state index in [-0.39, 0.29) is 12.5 Å². The maximum atomic E-state index is 11.9. The second-order valence-corrected chi connectivity index (χ2v) is 5.86. The third kappa shape index (κ3) is 5.28. The van der Waals surface area contributed by atoms with Crippen LogP contribution in [0.1, 0.15) is 15.9 Å². The molecule has 0 spiro atoms. The minimum absolute atomic E-state index is 0.318. The average molecular weight is 347 g/mol. The number of benzene rings is 2. The van der Waals surface area contributed by atoms with Crippen LogP contribution in [0.3, 0.4) is 0 Å². The van der Waals surface area contributed by atoms with E-state index in [9.17, 15) is 9.59 Å². The van der Waals surface area contributed by atoms with Crippen molar-refractivity contribution in [2.45, 2.75) is 6.54 Å². The highest BCUT2D eigenvalue weighted by Gasteiger charge is 2.10. The van der Waals surface area contributed by atoms with Gasteiger partial charge in [0.2, 0.25) is 0 Å². The third-order valence-corrected chi connectivity index (χ3v) is 3.61. The first-order valence-electron chi connectivity index (χ1n) is 7.41. The molecule has 2 aromatic rings. The molecule has 0 aliphatic carbocycles. The second-order valence-electron chi connectivity index (χ2n) is 5.42. The minimum Gasteiger partial charge on any atom is -0.452 e. The van der Waals surface area contributed by atoms with Crippen molar-refractivity contribution in [2.24, 2.45) is 0 Å². The number of nitrogens with zero attached hydrogens (tertiary/aromatic N) is 1. The van der Waals surface area contributed by atoms with Gasteiger partial charge in [0.1, 0.15) is 0 Å². The SMILES string of the molecule is CN(C)c1ccc(C(=O)OCC(=O)NCc2ccc(Cl)cc2)cc1. The summed E-state index contributed by atoms with van der Waals surface area (Å²) in [5.74, 6) is -0.884. The molecule has 0 atom stereocenters. The lowest BCUT2D eigenvalue weighted by atomic mass is 10.2. The molecule has 0 saturated carbocycles. The summed E-state index contributed by atoms with van der Waals surface area (Å²) in [5, 5.41) is 3.32. The number of halogens is 1. The van der Waals surface area contributed by atoms with Gasteiger partial charge in [-0.25, -0.2) is 4.79 Å². The van der Waals surface area contributed by atoms with E-state index in [0.717, 1.165) is 11.3 Å². The summed E-state index contributed by atoms with van der Waals surface area (Å²) in [5.41, 5.74) is 2.30. The highest BCUT2D eigenvalue weighted by Crippen LogP contribution is 2.13. The topological polar surface area (TPSA) is 58.6 Å². The maximum Gasteiger partial charge on any atom is 0.338 e. The van der Waals surface area contributed by atoms with E-state index in [0.29, 0.717) is 17.1 Å². The predicted molar refractivity (Wildman–Crippen MR) is 94.4 cm³/mol. The fourth-order valence-corrected chi connectivity index (χ4v) is 2.09. The number of amides is 1. The minimum atomic E-state index is -0.526. The molecule has 1 amide bonds. The molecule has 0 heterocycles. The molecule has 126 valence electrons. The Bertz CT molecular complexity index is 697. The Morgan fingerprint density at radius 2 is 1.67 bits per heavy atom. The van der Waals surface area contributed by atoms with Crippen LogP contribution in [0.4, 0.5) is 5.69 Å². The van der Waals surface area contributed by atoms with Crippen LogP contribution in [0.25, 0.3) is 0 Å². The molecule has 0 bridgehead atoms. The lowest BCUT2D eigenvalue weighted by Gasteiger charge is -2.12. The lowest BCUT2D eigenvalue weighted by molar-refractivity contribution is -0.124. The van der Waals surface area contributed by atoms with Crippen LogP contribution in [0, 0.1) is 0 Å².